The van der Waals surface area contributed by atoms with Gasteiger partial charge in [0, 0.05) is 0 Å². The van der Waals surface area contributed by atoms with Crippen LogP contribution in [0.1, 0.15) is 33.1 Å². The molecule has 0 unspecified atom stereocenters. The third-order valence-corrected chi connectivity index (χ3v) is 2.67. The van der Waals surface area contributed by atoms with E-state index in [1.54, 1.807) is 7.11 Å². The summed E-state index contributed by atoms with van der Waals surface area (Å²) in [6.45, 7) is 4.58. The Balaban J connectivity index is 2.62. The first-order valence-electron chi connectivity index (χ1n) is 4.48. The number of methoxy groups -OCH3 is 1. The molecule has 0 aromatic heterocycles. The van der Waals surface area contributed by atoms with Crippen molar-refractivity contribution >= 4 is 0 Å². The summed E-state index contributed by atoms with van der Waals surface area (Å²) in [4.78, 5) is 0. The zero-order valence-electron chi connectivity index (χ0n) is 7.76. The molecule has 0 N–H and O–H groups in total. The van der Waals surface area contributed by atoms with Gasteiger partial charge in [-0.15, -0.1) is 0 Å². The molecular weight excluding hydrogens is 136 g/mol. The summed E-state index contributed by atoms with van der Waals surface area (Å²) in [5.74, 6) is 1.47. The fraction of sp³-hybridized carbons (Fsp3) is 0.800. The Bertz CT molecular complexity index is 137. The normalized spacial score (nSPS) is 35.7. The lowest BCUT2D eigenvalue weighted by molar-refractivity contribution is 0.306. The van der Waals surface area contributed by atoms with Crippen molar-refractivity contribution in [1.82, 2.24) is 0 Å². The second-order valence-electron chi connectivity index (χ2n) is 3.59. The minimum absolute atomic E-state index is 0.735. The zero-order valence-corrected chi connectivity index (χ0v) is 7.76. The first kappa shape index (κ1) is 8.63. The van der Waals surface area contributed by atoms with E-state index in [1.165, 1.54) is 24.8 Å². The molecule has 1 fully saturated rings. The highest BCUT2D eigenvalue weighted by atomic mass is 16.5. The maximum absolute atomic E-state index is 5.06. The van der Waals surface area contributed by atoms with Crippen molar-refractivity contribution < 1.29 is 4.74 Å². The largest absolute Gasteiger partial charge is 0.504 e. The topological polar surface area (TPSA) is 9.23 Å². The van der Waals surface area contributed by atoms with Gasteiger partial charge in [-0.1, -0.05) is 20.3 Å². The van der Waals surface area contributed by atoms with Crippen LogP contribution in [-0.4, -0.2) is 7.11 Å². The van der Waals surface area contributed by atoms with Gasteiger partial charge in [0.2, 0.25) is 0 Å². The monoisotopic (exact) mass is 154 g/mol. The molecule has 0 aromatic carbocycles. The van der Waals surface area contributed by atoms with Crippen LogP contribution in [0, 0.1) is 11.8 Å². The molecule has 0 amide bonds. The SMILES string of the molecule is COC=C1[C@H](C)CCC[C@@H]1C. The molecule has 1 aliphatic carbocycles. The van der Waals surface area contributed by atoms with Crippen LogP contribution < -0.4 is 0 Å². The summed E-state index contributed by atoms with van der Waals surface area (Å²) in [6, 6.07) is 0. The molecular formula is C10H18O. The lowest BCUT2D eigenvalue weighted by atomic mass is 9.79. The molecule has 0 spiro atoms. The second kappa shape index (κ2) is 3.80. The summed E-state index contributed by atoms with van der Waals surface area (Å²) in [7, 11) is 1.74. The molecule has 0 saturated heterocycles. The van der Waals surface area contributed by atoms with E-state index in [0.29, 0.717) is 0 Å². The molecule has 2 atom stereocenters. The summed E-state index contributed by atoms with van der Waals surface area (Å²) in [6.07, 6.45) is 5.98. The highest BCUT2D eigenvalue weighted by Crippen LogP contribution is 2.33. The maximum Gasteiger partial charge on any atom is 0.0821 e. The summed E-state index contributed by atoms with van der Waals surface area (Å²) >= 11 is 0. The molecule has 1 rings (SSSR count). The molecule has 0 aromatic rings. The van der Waals surface area contributed by atoms with Crippen LogP contribution in [0.5, 0.6) is 0 Å². The average molecular weight is 154 g/mol. The van der Waals surface area contributed by atoms with Crippen LogP contribution >= 0.6 is 0 Å². The van der Waals surface area contributed by atoms with E-state index in [4.69, 9.17) is 4.74 Å². The lowest BCUT2D eigenvalue weighted by Gasteiger charge is -2.27. The van der Waals surface area contributed by atoms with Crippen molar-refractivity contribution in [3.63, 3.8) is 0 Å². The van der Waals surface area contributed by atoms with Crippen LogP contribution in [0.25, 0.3) is 0 Å². The third-order valence-electron chi connectivity index (χ3n) is 2.67. The molecule has 0 heterocycles. The molecule has 11 heavy (non-hydrogen) atoms. The number of rotatable bonds is 1. The highest BCUT2D eigenvalue weighted by molar-refractivity contribution is 5.08. The molecule has 1 saturated carbocycles. The summed E-state index contributed by atoms with van der Waals surface area (Å²) in [5.41, 5.74) is 1.50. The van der Waals surface area contributed by atoms with E-state index in [2.05, 4.69) is 13.8 Å². The van der Waals surface area contributed by atoms with Gasteiger partial charge in [-0.25, -0.2) is 0 Å². The minimum Gasteiger partial charge on any atom is -0.504 e. The smallest absolute Gasteiger partial charge is 0.0821 e. The van der Waals surface area contributed by atoms with Crippen molar-refractivity contribution in [1.29, 1.82) is 0 Å². The Morgan fingerprint density at radius 1 is 1.27 bits per heavy atom. The fourth-order valence-electron chi connectivity index (χ4n) is 1.92. The van der Waals surface area contributed by atoms with E-state index < -0.39 is 0 Å². The third kappa shape index (κ3) is 1.98. The molecule has 0 bridgehead atoms. The van der Waals surface area contributed by atoms with Gasteiger partial charge in [-0.2, -0.15) is 0 Å². The fourth-order valence-corrected chi connectivity index (χ4v) is 1.92. The number of ether oxygens (including phenoxy) is 1. The van der Waals surface area contributed by atoms with Crippen molar-refractivity contribution in [2.45, 2.75) is 33.1 Å². The molecule has 1 heteroatoms. The molecule has 64 valence electrons. The quantitative estimate of drug-likeness (QED) is 0.528. The summed E-state index contributed by atoms with van der Waals surface area (Å²) in [5, 5.41) is 0. The van der Waals surface area contributed by atoms with Gasteiger partial charge in [0.1, 0.15) is 0 Å². The molecule has 0 radical (unpaired) electrons. The van der Waals surface area contributed by atoms with Gasteiger partial charge in [-0.3, -0.25) is 0 Å². The van der Waals surface area contributed by atoms with E-state index in [0.717, 1.165) is 11.8 Å². The van der Waals surface area contributed by atoms with E-state index in [9.17, 15) is 0 Å². The van der Waals surface area contributed by atoms with E-state index >= 15 is 0 Å². The Labute approximate surface area is 69.4 Å². The van der Waals surface area contributed by atoms with Gasteiger partial charge in [-0.05, 0) is 30.3 Å². The Hall–Kier alpha value is -0.460. The Morgan fingerprint density at radius 2 is 1.82 bits per heavy atom. The lowest BCUT2D eigenvalue weighted by Crippen LogP contribution is -2.14. The molecule has 0 aliphatic heterocycles. The van der Waals surface area contributed by atoms with Crippen molar-refractivity contribution in [3.8, 4) is 0 Å². The van der Waals surface area contributed by atoms with Crippen LogP contribution in [0.3, 0.4) is 0 Å². The van der Waals surface area contributed by atoms with Gasteiger partial charge in [0.05, 0.1) is 13.4 Å². The average Bonchev–Trinajstić information content (AvgIpc) is 1.97. The van der Waals surface area contributed by atoms with Gasteiger partial charge in [0.15, 0.2) is 0 Å². The Kier molecular flexibility index (Phi) is 2.98. The maximum atomic E-state index is 5.06. The zero-order chi connectivity index (χ0) is 8.27. The predicted octanol–water partition coefficient (Wildman–Crippen LogP) is 2.97. The van der Waals surface area contributed by atoms with Crippen LogP contribution in [-0.2, 0) is 4.74 Å². The Morgan fingerprint density at radius 3 is 2.27 bits per heavy atom. The van der Waals surface area contributed by atoms with Crippen LogP contribution in [0.4, 0.5) is 0 Å². The molecule has 1 aliphatic rings. The van der Waals surface area contributed by atoms with Crippen LogP contribution in [0.15, 0.2) is 11.8 Å². The second-order valence-corrected chi connectivity index (χ2v) is 3.59. The van der Waals surface area contributed by atoms with Gasteiger partial charge >= 0.3 is 0 Å². The van der Waals surface area contributed by atoms with Crippen LogP contribution in [0.2, 0.25) is 0 Å². The standard InChI is InChI=1S/C10H18O/c1-8-5-4-6-9(2)10(8)7-11-3/h7-9H,4-6H2,1-3H3/t8-,9+. The summed E-state index contributed by atoms with van der Waals surface area (Å²) < 4.78 is 5.06. The minimum atomic E-state index is 0.735. The number of hydrogen-bond acceptors (Lipinski definition) is 1. The first-order valence-corrected chi connectivity index (χ1v) is 4.48. The van der Waals surface area contributed by atoms with Gasteiger partial charge < -0.3 is 4.74 Å². The van der Waals surface area contributed by atoms with E-state index in [-0.39, 0.29) is 0 Å². The predicted molar refractivity (Wildman–Crippen MR) is 47.3 cm³/mol. The first-order chi connectivity index (χ1) is 5.25. The van der Waals surface area contributed by atoms with Crippen molar-refractivity contribution in [2.24, 2.45) is 11.8 Å². The highest BCUT2D eigenvalue weighted by Gasteiger charge is 2.20. The van der Waals surface area contributed by atoms with Crippen molar-refractivity contribution in [3.05, 3.63) is 11.8 Å². The van der Waals surface area contributed by atoms with Gasteiger partial charge in [0.25, 0.3) is 0 Å². The number of allylic oxidation sites excluding steroid dienone is 1. The van der Waals surface area contributed by atoms with Crippen molar-refractivity contribution in [2.75, 3.05) is 7.11 Å². The number of hydrogen-bond donors (Lipinski definition) is 0. The molecule has 1 nitrogen and oxygen atoms in total. The van der Waals surface area contributed by atoms with E-state index in [1.807, 2.05) is 6.26 Å².